The van der Waals surface area contributed by atoms with E-state index in [2.05, 4.69) is 0 Å². The van der Waals surface area contributed by atoms with Gasteiger partial charge in [0.05, 0.1) is 0 Å². The molecule has 1 atom stereocenters. The van der Waals surface area contributed by atoms with Crippen molar-refractivity contribution in [3.8, 4) is 0 Å². The third-order valence-electron chi connectivity index (χ3n) is 1.93. The van der Waals surface area contributed by atoms with Gasteiger partial charge in [0.2, 0.25) is 0 Å². The van der Waals surface area contributed by atoms with Crippen LogP contribution in [0.1, 0.15) is 17.4 Å². The summed E-state index contributed by atoms with van der Waals surface area (Å²) in [5.74, 6) is 0.515. The molecule has 0 amide bonds. The van der Waals surface area contributed by atoms with E-state index in [4.69, 9.17) is 16.0 Å². The van der Waals surface area contributed by atoms with Gasteiger partial charge in [0.25, 0.3) is 0 Å². The molecule has 1 unspecified atom stereocenters. The van der Waals surface area contributed by atoms with Crippen LogP contribution in [0.25, 0.3) is 0 Å². The molecular formula is C10H9ClO2S. The molecule has 1 N–H and O–H groups in total. The van der Waals surface area contributed by atoms with Crippen LogP contribution >= 0.6 is 22.9 Å². The van der Waals surface area contributed by atoms with Gasteiger partial charge in [0.1, 0.15) is 11.9 Å². The minimum Gasteiger partial charge on any atom is -0.447 e. The van der Waals surface area contributed by atoms with Crippen LogP contribution in [0.2, 0.25) is 5.22 Å². The molecule has 0 aliphatic heterocycles. The summed E-state index contributed by atoms with van der Waals surface area (Å²) in [7, 11) is 0. The van der Waals surface area contributed by atoms with Crippen molar-refractivity contribution < 1.29 is 9.52 Å². The summed E-state index contributed by atoms with van der Waals surface area (Å²) in [5, 5.41) is 14.1. The molecule has 0 aliphatic carbocycles. The lowest BCUT2D eigenvalue weighted by atomic mass is 10.1. The average molecular weight is 229 g/mol. The van der Waals surface area contributed by atoms with Crippen LogP contribution < -0.4 is 0 Å². The van der Waals surface area contributed by atoms with Crippen LogP contribution in [-0.4, -0.2) is 5.11 Å². The normalized spacial score (nSPS) is 13.0. The molecule has 0 bridgehead atoms. The zero-order chi connectivity index (χ0) is 9.97. The molecule has 74 valence electrons. The van der Waals surface area contributed by atoms with Crippen LogP contribution in [0, 0.1) is 0 Å². The maximum absolute atomic E-state index is 9.76. The third-order valence-corrected chi connectivity index (χ3v) is 2.87. The Morgan fingerprint density at radius 2 is 2.29 bits per heavy atom. The Labute approximate surface area is 90.8 Å². The van der Waals surface area contributed by atoms with Crippen molar-refractivity contribution in [2.75, 3.05) is 0 Å². The van der Waals surface area contributed by atoms with Crippen molar-refractivity contribution in [1.29, 1.82) is 0 Å². The first-order valence-corrected chi connectivity index (χ1v) is 5.52. The highest BCUT2D eigenvalue weighted by Crippen LogP contribution is 2.23. The summed E-state index contributed by atoms with van der Waals surface area (Å²) >= 11 is 7.22. The zero-order valence-electron chi connectivity index (χ0n) is 7.31. The molecule has 2 aromatic rings. The second-order valence-corrected chi connectivity index (χ2v) is 4.15. The van der Waals surface area contributed by atoms with Gasteiger partial charge in [-0.15, -0.1) is 0 Å². The lowest BCUT2D eigenvalue weighted by Crippen LogP contribution is -1.98. The first-order valence-electron chi connectivity index (χ1n) is 4.20. The van der Waals surface area contributed by atoms with E-state index >= 15 is 0 Å². The average Bonchev–Trinajstić information content (AvgIpc) is 2.75. The van der Waals surface area contributed by atoms with E-state index in [1.54, 1.807) is 23.5 Å². The predicted molar refractivity (Wildman–Crippen MR) is 56.7 cm³/mol. The van der Waals surface area contributed by atoms with E-state index in [0.29, 0.717) is 17.4 Å². The summed E-state index contributed by atoms with van der Waals surface area (Å²) < 4.78 is 5.11. The van der Waals surface area contributed by atoms with Crippen molar-refractivity contribution in [3.63, 3.8) is 0 Å². The van der Waals surface area contributed by atoms with Crippen LogP contribution in [0.15, 0.2) is 33.4 Å². The Bertz CT molecular complexity index is 394. The minimum atomic E-state index is -0.614. The highest BCUT2D eigenvalue weighted by atomic mass is 35.5. The molecule has 0 saturated heterocycles. The molecule has 0 saturated carbocycles. The summed E-state index contributed by atoms with van der Waals surface area (Å²) in [4.78, 5) is 0. The summed E-state index contributed by atoms with van der Waals surface area (Å²) in [6.45, 7) is 0. The van der Waals surface area contributed by atoms with Crippen LogP contribution in [0.5, 0.6) is 0 Å². The molecule has 4 heteroatoms. The van der Waals surface area contributed by atoms with Crippen molar-refractivity contribution in [2.24, 2.45) is 0 Å². The fourth-order valence-electron chi connectivity index (χ4n) is 1.24. The number of aliphatic hydroxyl groups excluding tert-OH is 1. The van der Waals surface area contributed by atoms with Gasteiger partial charge in [-0.05, 0) is 46.1 Å². The number of aliphatic hydroxyl groups is 1. The largest absolute Gasteiger partial charge is 0.447 e. The Kier molecular flexibility index (Phi) is 2.91. The maximum Gasteiger partial charge on any atom is 0.193 e. The molecule has 0 spiro atoms. The topological polar surface area (TPSA) is 33.4 Å². The number of rotatable bonds is 3. The highest BCUT2D eigenvalue weighted by Gasteiger charge is 2.12. The fourth-order valence-corrected chi connectivity index (χ4v) is 2.07. The Hall–Kier alpha value is -0.770. The van der Waals surface area contributed by atoms with Crippen LogP contribution in [0.4, 0.5) is 0 Å². The van der Waals surface area contributed by atoms with Crippen molar-refractivity contribution in [1.82, 2.24) is 0 Å². The number of halogens is 1. The summed E-state index contributed by atoms with van der Waals surface area (Å²) in [6.07, 6.45) is -0.0510. The van der Waals surface area contributed by atoms with E-state index in [1.165, 1.54) is 0 Å². The molecular weight excluding hydrogens is 220 g/mol. The van der Waals surface area contributed by atoms with E-state index in [1.807, 2.05) is 16.8 Å². The molecule has 2 rings (SSSR count). The van der Waals surface area contributed by atoms with E-state index in [9.17, 15) is 5.11 Å². The Balaban J connectivity index is 2.06. The molecule has 0 aliphatic rings. The van der Waals surface area contributed by atoms with Crippen molar-refractivity contribution in [3.05, 3.63) is 45.5 Å². The second kappa shape index (κ2) is 4.17. The maximum atomic E-state index is 9.76. The highest BCUT2D eigenvalue weighted by molar-refractivity contribution is 7.07. The predicted octanol–water partition coefficient (Wildman–Crippen LogP) is 3.27. The van der Waals surface area contributed by atoms with Gasteiger partial charge in [0, 0.05) is 6.42 Å². The third kappa shape index (κ3) is 2.18. The smallest absolute Gasteiger partial charge is 0.193 e. The monoisotopic (exact) mass is 228 g/mol. The van der Waals surface area contributed by atoms with Crippen molar-refractivity contribution >= 4 is 22.9 Å². The first kappa shape index (κ1) is 9.77. The molecule has 2 nitrogen and oxygen atoms in total. The lowest BCUT2D eigenvalue weighted by Gasteiger charge is -2.05. The van der Waals surface area contributed by atoms with Crippen molar-refractivity contribution in [2.45, 2.75) is 12.5 Å². The van der Waals surface area contributed by atoms with Gasteiger partial charge >= 0.3 is 0 Å². The van der Waals surface area contributed by atoms with Gasteiger partial charge < -0.3 is 9.52 Å². The molecule has 0 aromatic carbocycles. The van der Waals surface area contributed by atoms with Gasteiger partial charge in [0.15, 0.2) is 5.22 Å². The number of hydrogen-bond acceptors (Lipinski definition) is 3. The van der Waals surface area contributed by atoms with E-state index < -0.39 is 6.10 Å². The van der Waals surface area contributed by atoms with E-state index in [0.717, 1.165) is 5.56 Å². The fraction of sp³-hybridized carbons (Fsp3) is 0.200. The summed E-state index contributed by atoms with van der Waals surface area (Å²) in [6, 6.07) is 5.31. The van der Waals surface area contributed by atoms with Gasteiger partial charge in [-0.2, -0.15) is 11.3 Å². The lowest BCUT2D eigenvalue weighted by molar-refractivity contribution is 0.150. The molecule has 2 heterocycles. The first-order chi connectivity index (χ1) is 6.75. The molecule has 2 aromatic heterocycles. The zero-order valence-corrected chi connectivity index (χ0v) is 8.89. The molecule has 0 radical (unpaired) electrons. The van der Waals surface area contributed by atoms with E-state index in [-0.39, 0.29) is 0 Å². The SMILES string of the molecule is OC(Cc1ccsc1)c1ccc(Cl)o1. The molecule has 14 heavy (non-hydrogen) atoms. The van der Waals surface area contributed by atoms with Crippen LogP contribution in [0.3, 0.4) is 0 Å². The van der Waals surface area contributed by atoms with Gasteiger partial charge in [-0.1, -0.05) is 0 Å². The second-order valence-electron chi connectivity index (χ2n) is 2.99. The Morgan fingerprint density at radius 1 is 1.43 bits per heavy atom. The summed E-state index contributed by atoms with van der Waals surface area (Å²) in [5.41, 5.74) is 1.11. The van der Waals surface area contributed by atoms with Gasteiger partial charge in [-0.25, -0.2) is 0 Å². The number of furan rings is 1. The standard InChI is InChI=1S/C10H9ClO2S/c11-10-2-1-9(13-10)8(12)5-7-3-4-14-6-7/h1-4,6,8,12H,5H2. The minimum absolute atomic E-state index is 0.310. The van der Waals surface area contributed by atoms with Gasteiger partial charge in [-0.3, -0.25) is 0 Å². The Morgan fingerprint density at radius 3 is 2.86 bits per heavy atom. The number of hydrogen-bond donors (Lipinski definition) is 1. The quantitative estimate of drug-likeness (QED) is 0.875. The van der Waals surface area contributed by atoms with Crippen LogP contribution in [-0.2, 0) is 6.42 Å². The number of thiophene rings is 1. The molecule has 0 fully saturated rings.